The van der Waals surface area contributed by atoms with E-state index in [0.29, 0.717) is 27.9 Å². The third-order valence-electron chi connectivity index (χ3n) is 5.17. The second kappa shape index (κ2) is 9.76. The van der Waals surface area contributed by atoms with Crippen LogP contribution >= 0.6 is 11.3 Å². The Kier molecular flexibility index (Phi) is 6.63. The molecule has 0 saturated carbocycles. The lowest BCUT2D eigenvalue weighted by atomic mass is 9.96. The molecule has 1 aliphatic rings. The van der Waals surface area contributed by atoms with E-state index < -0.39 is 0 Å². The predicted molar refractivity (Wildman–Crippen MR) is 120 cm³/mol. The summed E-state index contributed by atoms with van der Waals surface area (Å²) in [6, 6.07) is 9.17. The molecule has 1 saturated heterocycles. The van der Waals surface area contributed by atoms with E-state index in [-0.39, 0.29) is 24.4 Å². The minimum absolute atomic E-state index is 0.122. The van der Waals surface area contributed by atoms with E-state index in [2.05, 4.69) is 30.5 Å². The molecule has 8 nitrogen and oxygen atoms in total. The van der Waals surface area contributed by atoms with E-state index in [0.717, 1.165) is 25.8 Å². The summed E-state index contributed by atoms with van der Waals surface area (Å²) in [5.74, 6) is 0.228. The molecule has 1 aromatic carbocycles. The fraction of sp³-hybridized carbons (Fsp3) is 0.318. The van der Waals surface area contributed by atoms with Crippen molar-refractivity contribution in [2.24, 2.45) is 0 Å². The van der Waals surface area contributed by atoms with Crippen LogP contribution in [0.3, 0.4) is 0 Å². The summed E-state index contributed by atoms with van der Waals surface area (Å²) >= 11 is 1.38. The van der Waals surface area contributed by atoms with Crippen molar-refractivity contribution >= 4 is 34.0 Å². The van der Waals surface area contributed by atoms with Crippen molar-refractivity contribution in [1.82, 2.24) is 19.9 Å². The molecule has 4 rings (SSSR count). The van der Waals surface area contributed by atoms with Crippen LogP contribution in [0.4, 0.5) is 10.8 Å². The number of aromatic nitrogens is 3. The van der Waals surface area contributed by atoms with Gasteiger partial charge in [-0.05, 0) is 38.4 Å². The van der Waals surface area contributed by atoms with Gasteiger partial charge in [0, 0.05) is 23.5 Å². The molecular formula is C22H24N6O2S. The van der Waals surface area contributed by atoms with Crippen LogP contribution in [0, 0.1) is 6.92 Å². The Balaban J connectivity index is 1.56. The lowest BCUT2D eigenvalue weighted by molar-refractivity contribution is -0.118. The minimum Gasteiger partial charge on any atom is -0.322 e. The summed E-state index contributed by atoms with van der Waals surface area (Å²) in [4.78, 5) is 40.7. The molecule has 2 amide bonds. The van der Waals surface area contributed by atoms with E-state index in [1.807, 2.05) is 42.6 Å². The molecule has 9 heteroatoms. The Morgan fingerprint density at radius 3 is 2.77 bits per heavy atom. The monoisotopic (exact) mass is 436 g/mol. The van der Waals surface area contributed by atoms with Crippen LogP contribution < -0.4 is 10.6 Å². The Labute approximate surface area is 184 Å². The number of benzene rings is 1. The number of thiazole rings is 1. The van der Waals surface area contributed by atoms with Gasteiger partial charge in [0.2, 0.25) is 5.91 Å². The number of piperidine rings is 1. The molecule has 0 bridgehead atoms. The Bertz CT molecular complexity index is 1040. The number of para-hydroxylation sites is 1. The van der Waals surface area contributed by atoms with Crippen molar-refractivity contribution in [3.05, 3.63) is 65.2 Å². The van der Waals surface area contributed by atoms with Crippen LogP contribution in [0.1, 0.15) is 47.2 Å². The molecule has 31 heavy (non-hydrogen) atoms. The maximum absolute atomic E-state index is 13.0. The van der Waals surface area contributed by atoms with Crippen molar-refractivity contribution in [3.8, 4) is 0 Å². The first-order valence-electron chi connectivity index (χ1n) is 10.2. The van der Waals surface area contributed by atoms with E-state index >= 15 is 0 Å². The van der Waals surface area contributed by atoms with Gasteiger partial charge in [-0.15, -0.1) is 11.3 Å². The molecule has 2 aromatic heterocycles. The maximum Gasteiger partial charge on any atom is 0.259 e. The minimum atomic E-state index is -0.251. The van der Waals surface area contributed by atoms with Crippen molar-refractivity contribution in [2.45, 2.75) is 32.2 Å². The number of aryl methyl sites for hydroxylation is 1. The number of rotatable bonds is 6. The summed E-state index contributed by atoms with van der Waals surface area (Å²) in [6.45, 7) is 2.79. The highest BCUT2D eigenvalue weighted by Gasteiger charge is 2.30. The van der Waals surface area contributed by atoms with Gasteiger partial charge in [0.1, 0.15) is 5.82 Å². The number of carbonyl (C=O) groups excluding carboxylic acids is 2. The molecule has 3 heterocycles. The second-order valence-electron chi connectivity index (χ2n) is 7.40. The number of amides is 2. The highest BCUT2D eigenvalue weighted by atomic mass is 32.1. The van der Waals surface area contributed by atoms with Gasteiger partial charge in [0.05, 0.1) is 23.8 Å². The molecule has 1 atom stereocenters. The number of likely N-dealkylation sites (tertiary alicyclic amines) is 1. The van der Waals surface area contributed by atoms with Gasteiger partial charge in [-0.3, -0.25) is 14.5 Å². The number of hydrogen-bond acceptors (Lipinski definition) is 7. The van der Waals surface area contributed by atoms with E-state index in [9.17, 15) is 9.59 Å². The molecular weight excluding hydrogens is 412 g/mol. The van der Waals surface area contributed by atoms with Gasteiger partial charge >= 0.3 is 0 Å². The van der Waals surface area contributed by atoms with Gasteiger partial charge < -0.3 is 10.6 Å². The smallest absolute Gasteiger partial charge is 0.259 e. The third-order valence-corrected chi connectivity index (χ3v) is 5.86. The number of carbonyl (C=O) groups is 2. The number of nitrogens with zero attached hydrogens (tertiary/aromatic N) is 4. The average molecular weight is 437 g/mol. The van der Waals surface area contributed by atoms with Crippen LogP contribution in [-0.4, -0.2) is 44.8 Å². The standard InChI is InChI=1S/C22H24N6O2S/c1-15-24-13-17(21(30)26-16-7-3-2-4-8-16)20(25-15)18-9-5-6-11-28(18)14-19(29)27-22-23-10-12-31-22/h2-4,7-8,10,12-13,18H,5-6,9,11,14H2,1H3,(H,26,30)(H,23,27,29)/t18-/m1/s1. The summed E-state index contributed by atoms with van der Waals surface area (Å²) in [5, 5.41) is 8.16. The van der Waals surface area contributed by atoms with Gasteiger partial charge in [0.25, 0.3) is 5.91 Å². The van der Waals surface area contributed by atoms with Gasteiger partial charge in [-0.25, -0.2) is 15.0 Å². The molecule has 0 unspecified atom stereocenters. The second-order valence-corrected chi connectivity index (χ2v) is 8.30. The Morgan fingerprint density at radius 1 is 1.16 bits per heavy atom. The largest absolute Gasteiger partial charge is 0.322 e. The van der Waals surface area contributed by atoms with Crippen LogP contribution in [0.15, 0.2) is 48.1 Å². The first kappa shape index (κ1) is 21.1. The molecule has 160 valence electrons. The predicted octanol–water partition coefficient (Wildman–Crippen LogP) is 3.66. The molecule has 0 radical (unpaired) electrons. The van der Waals surface area contributed by atoms with Crippen LogP contribution in [0.25, 0.3) is 0 Å². The number of nitrogens with one attached hydrogen (secondary N) is 2. The van der Waals surface area contributed by atoms with Crippen LogP contribution in [0.5, 0.6) is 0 Å². The normalized spacial score (nSPS) is 16.6. The maximum atomic E-state index is 13.0. The fourth-order valence-corrected chi connectivity index (χ4v) is 4.30. The summed E-state index contributed by atoms with van der Waals surface area (Å²) < 4.78 is 0. The van der Waals surface area contributed by atoms with E-state index in [1.54, 1.807) is 12.4 Å². The lowest BCUT2D eigenvalue weighted by Crippen LogP contribution is -2.40. The molecule has 1 fully saturated rings. The van der Waals surface area contributed by atoms with Gasteiger partial charge in [-0.1, -0.05) is 24.6 Å². The van der Waals surface area contributed by atoms with Gasteiger partial charge in [0.15, 0.2) is 5.13 Å². The molecule has 0 aliphatic carbocycles. The van der Waals surface area contributed by atoms with Gasteiger partial charge in [-0.2, -0.15) is 0 Å². The zero-order valence-electron chi connectivity index (χ0n) is 17.2. The van der Waals surface area contributed by atoms with Crippen LogP contribution in [-0.2, 0) is 4.79 Å². The molecule has 3 aromatic rings. The van der Waals surface area contributed by atoms with Crippen molar-refractivity contribution < 1.29 is 9.59 Å². The van der Waals surface area contributed by atoms with Crippen molar-refractivity contribution in [3.63, 3.8) is 0 Å². The Hall–Kier alpha value is -3.17. The number of hydrogen-bond donors (Lipinski definition) is 2. The fourth-order valence-electron chi connectivity index (χ4n) is 3.75. The molecule has 1 aliphatic heterocycles. The summed E-state index contributed by atoms with van der Waals surface area (Å²) in [7, 11) is 0. The quantitative estimate of drug-likeness (QED) is 0.612. The molecule has 2 N–H and O–H groups in total. The summed E-state index contributed by atoms with van der Waals surface area (Å²) in [6.07, 6.45) is 6.07. The van der Waals surface area contributed by atoms with E-state index in [1.165, 1.54) is 11.3 Å². The molecule has 0 spiro atoms. The summed E-state index contributed by atoms with van der Waals surface area (Å²) in [5.41, 5.74) is 1.82. The van der Waals surface area contributed by atoms with E-state index in [4.69, 9.17) is 0 Å². The number of anilines is 2. The SMILES string of the molecule is Cc1ncc(C(=O)Nc2ccccc2)c([C@H]2CCCCN2CC(=O)Nc2nccs2)n1. The average Bonchev–Trinajstić information content (AvgIpc) is 3.27. The van der Waals surface area contributed by atoms with Crippen LogP contribution in [0.2, 0.25) is 0 Å². The Morgan fingerprint density at radius 2 is 2.00 bits per heavy atom. The van der Waals surface area contributed by atoms with Crippen molar-refractivity contribution in [2.75, 3.05) is 23.7 Å². The highest BCUT2D eigenvalue weighted by Crippen LogP contribution is 2.32. The zero-order valence-corrected chi connectivity index (χ0v) is 18.1. The van der Waals surface area contributed by atoms with Crippen molar-refractivity contribution in [1.29, 1.82) is 0 Å². The third kappa shape index (κ3) is 5.31. The first-order valence-corrected chi connectivity index (χ1v) is 11.1. The first-order chi connectivity index (χ1) is 15.1. The highest BCUT2D eigenvalue weighted by molar-refractivity contribution is 7.13. The zero-order chi connectivity index (χ0) is 21.6. The topological polar surface area (TPSA) is 100 Å². The lowest BCUT2D eigenvalue weighted by Gasteiger charge is -2.35.